The molecule has 0 aliphatic heterocycles. The predicted molar refractivity (Wildman–Crippen MR) is 64.3 cm³/mol. The Morgan fingerprint density at radius 3 is 2.81 bits per heavy atom. The average molecular weight is 237 g/mol. The van der Waals surface area contributed by atoms with Gasteiger partial charge in [0.2, 0.25) is 0 Å². The Morgan fingerprint density at radius 2 is 2.25 bits per heavy atom. The third-order valence-electron chi connectivity index (χ3n) is 2.19. The first kappa shape index (κ1) is 11.3. The number of furan rings is 1. The van der Waals surface area contributed by atoms with E-state index < -0.39 is 0 Å². The largest absolute Gasteiger partial charge is 0.461 e. The summed E-state index contributed by atoms with van der Waals surface area (Å²) in [6.07, 6.45) is 3.66. The van der Waals surface area contributed by atoms with Crippen molar-refractivity contribution in [1.29, 1.82) is 0 Å². The van der Waals surface area contributed by atoms with Crippen molar-refractivity contribution >= 4 is 11.8 Å². The maximum absolute atomic E-state index is 5.37. The fourth-order valence-corrected chi connectivity index (χ4v) is 2.06. The van der Waals surface area contributed by atoms with Gasteiger partial charge in [0.15, 0.2) is 16.7 Å². The van der Waals surface area contributed by atoms with Crippen LogP contribution in [0.3, 0.4) is 0 Å². The van der Waals surface area contributed by atoms with E-state index in [1.54, 1.807) is 18.0 Å². The molecule has 0 saturated heterocycles. The van der Waals surface area contributed by atoms with Gasteiger partial charge in [-0.15, -0.1) is 10.2 Å². The van der Waals surface area contributed by atoms with E-state index in [2.05, 4.69) is 28.6 Å². The van der Waals surface area contributed by atoms with Crippen molar-refractivity contribution in [2.75, 3.05) is 6.26 Å². The number of rotatable bonds is 4. The van der Waals surface area contributed by atoms with E-state index in [-0.39, 0.29) is 0 Å². The van der Waals surface area contributed by atoms with E-state index in [1.807, 2.05) is 18.4 Å². The Bertz CT molecular complexity index is 448. The van der Waals surface area contributed by atoms with Crippen LogP contribution in [0.4, 0.5) is 0 Å². The molecule has 2 heterocycles. The van der Waals surface area contributed by atoms with Gasteiger partial charge in [0, 0.05) is 6.54 Å². The summed E-state index contributed by atoms with van der Waals surface area (Å²) in [5.74, 6) is 2.13. The lowest BCUT2D eigenvalue weighted by molar-refractivity contribution is 0.489. The molecule has 0 spiro atoms. The van der Waals surface area contributed by atoms with E-state index >= 15 is 0 Å². The van der Waals surface area contributed by atoms with Crippen LogP contribution in [0.2, 0.25) is 0 Å². The summed E-state index contributed by atoms with van der Waals surface area (Å²) in [4.78, 5) is 0. The number of aromatic nitrogens is 3. The van der Waals surface area contributed by atoms with Crippen LogP contribution in [-0.2, 0) is 6.54 Å². The van der Waals surface area contributed by atoms with Crippen LogP contribution in [0.15, 0.2) is 28.0 Å². The Labute approximate surface area is 99.1 Å². The van der Waals surface area contributed by atoms with Crippen molar-refractivity contribution < 1.29 is 4.42 Å². The second-order valence-electron chi connectivity index (χ2n) is 3.99. The number of nitrogens with zero attached hydrogens (tertiary/aromatic N) is 3. The van der Waals surface area contributed by atoms with Gasteiger partial charge in [-0.1, -0.05) is 25.6 Å². The summed E-state index contributed by atoms with van der Waals surface area (Å²) in [5, 5.41) is 9.27. The lowest BCUT2D eigenvalue weighted by Gasteiger charge is -2.10. The van der Waals surface area contributed by atoms with Gasteiger partial charge in [-0.25, -0.2) is 0 Å². The van der Waals surface area contributed by atoms with Gasteiger partial charge in [-0.2, -0.15) is 0 Å². The maximum atomic E-state index is 5.37. The molecule has 0 aliphatic rings. The molecule has 0 saturated carbocycles. The molecule has 0 atom stereocenters. The first-order valence-corrected chi connectivity index (χ1v) is 6.46. The smallest absolute Gasteiger partial charge is 0.200 e. The Hall–Kier alpha value is -1.23. The maximum Gasteiger partial charge on any atom is 0.200 e. The standard InChI is InChI=1S/C11H15N3OS/c1-8(2)7-14-10(9-5-4-6-15-9)12-13-11(14)16-3/h4-6,8H,7H2,1-3H3. The van der Waals surface area contributed by atoms with Crippen LogP contribution in [0.5, 0.6) is 0 Å². The molecule has 16 heavy (non-hydrogen) atoms. The average Bonchev–Trinajstić information content (AvgIpc) is 2.84. The first-order chi connectivity index (χ1) is 7.72. The zero-order valence-corrected chi connectivity index (χ0v) is 10.5. The summed E-state index contributed by atoms with van der Waals surface area (Å²) in [5.41, 5.74) is 0. The van der Waals surface area contributed by atoms with Crippen LogP contribution in [0, 0.1) is 5.92 Å². The third kappa shape index (κ3) is 2.14. The lowest BCUT2D eigenvalue weighted by Crippen LogP contribution is -2.07. The molecule has 0 amide bonds. The molecular weight excluding hydrogens is 222 g/mol. The van der Waals surface area contributed by atoms with E-state index in [0.717, 1.165) is 23.3 Å². The van der Waals surface area contributed by atoms with Gasteiger partial charge in [-0.05, 0) is 24.3 Å². The fraction of sp³-hybridized carbons (Fsp3) is 0.455. The van der Waals surface area contributed by atoms with Crippen LogP contribution < -0.4 is 0 Å². The minimum atomic E-state index is 0.551. The van der Waals surface area contributed by atoms with Crippen molar-refractivity contribution in [2.45, 2.75) is 25.5 Å². The Kier molecular flexibility index (Phi) is 3.33. The summed E-state index contributed by atoms with van der Waals surface area (Å²) in [7, 11) is 0. The molecule has 0 aliphatic carbocycles. The topological polar surface area (TPSA) is 43.9 Å². The van der Waals surface area contributed by atoms with Crippen LogP contribution in [0.1, 0.15) is 13.8 Å². The molecule has 0 N–H and O–H groups in total. The zero-order valence-electron chi connectivity index (χ0n) is 9.67. The number of thioether (sulfide) groups is 1. The molecule has 0 bridgehead atoms. The molecule has 0 radical (unpaired) electrons. The van der Waals surface area contributed by atoms with Crippen molar-refractivity contribution in [2.24, 2.45) is 5.92 Å². The Balaban J connectivity index is 2.41. The molecule has 0 unspecified atom stereocenters. The quantitative estimate of drug-likeness (QED) is 0.767. The van der Waals surface area contributed by atoms with Crippen molar-refractivity contribution in [3.05, 3.63) is 18.4 Å². The highest BCUT2D eigenvalue weighted by molar-refractivity contribution is 7.98. The fourth-order valence-electron chi connectivity index (χ4n) is 1.56. The Morgan fingerprint density at radius 1 is 1.44 bits per heavy atom. The first-order valence-electron chi connectivity index (χ1n) is 5.23. The van der Waals surface area contributed by atoms with Crippen molar-refractivity contribution in [3.63, 3.8) is 0 Å². The van der Waals surface area contributed by atoms with E-state index in [1.165, 1.54) is 0 Å². The molecule has 86 valence electrons. The van der Waals surface area contributed by atoms with Crippen LogP contribution in [0.25, 0.3) is 11.6 Å². The lowest BCUT2D eigenvalue weighted by atomic mass is 10.2. The molecule has 5 heteroatoms. The van der Waals surface area contributed by atoms with Crippen molar-refractivity contribution in [3.8, 4) is 11.6 Å². The van der Waals surface area contributed by atoms with Gasteiger partial charge in [0.1, 0.15) is 0 Å². The molecule has 2 aromatic heterocycles. The van der Waals surface area contributed by atoms with Gasteiger partial charge < -0.3 is 4.42 Å². The van der Waals surface area contributed by atoms with E-state index in [9.17, 15) is 0 Å². The number of hydrogen-bond acceptors (Lipinski definition) is 4. The monoisotopic (exact) mass is 237 g/mol. The summed E-state index contributed by atoms with van der Waals surface area (Å²) < 4.78 is 7.47. The minimum Gasteiger partial charge on any atom is -0.461 e. The van der Waals surface area contributed by atoms with Crippen LogP contribution in [-0.4, -0.2) is 21.0 Å². The molecular formula is C11H15N3OS. The van der Waals surface area contributed by atoms with Crippen molar-refractivity contribution in [1.82, 2.24) is 14.8 Å². The molecule has 2 rings (SSSR count). The number of hydrogen-bond donors (Lipinski definition) is 0. The van der Waals surface area contributed by atoms with Gasteiger partial charge >= 0.3 is 0 Å². The molecule has 0 fully saturated rings. The second kappa shape index (κ2) is 4.74. The van der Waals surface area contributed by atoms with Gasteiger partial charge in [-0.3, -0.25) is 4.57 Å². The molecule has 4 nitrogen and oxygen atoms in total. The molecule has 2 aromatic rings. The molecule has 0 aromatic carbocycles. The third-order valence-corrected chi connectivity index (χ3v) is 2.86. The zero-order chi connectivity index (χ0) is 11.5. The van der Waals surface area contributed by atoms with Gasteiger partial charge in [0.05, 0.1) is 6.26 Å². The summed E-state index contributed by atoms with van der Waals surface area (Å²) in [6.45, 7) is 5.26. The highest BCUT2D eigenvalue weighted by Crippen LogP contribution is 2.23. The predicted octanol–water partition coefficient (Wildman–Crippen LogP) is 2.92. The second-order valence-corrected chi connectivity index (χ2v) is 4.77. The minimum absolute atomic E-state index is 0.551. The van der Waals surface area contributed by atoms with E-state index in [4.69, 9.17) is 4.42 Å². The highest BCUT2D eigenvalue weighted by atomic mass is 32.2. The van der Waals surface area contributed by atoms with Gasteiger partial charge in [0.25, 0.3) is 0 Å². The highest BCUT2D eigenvalue weighted by Gasteiger charge is 2.15. The van der Waals surface area contributed by atoms with Crippen LogP contribution >= 0.6 is 11.8 Å². The SMILES string of the molecule is CSc1nnc(-c2ccco2)n1CC(C)C. The summed E-state index contributed by atoms with van der Waals surface area (Å²) >= 11 is 1.60. The van der Waals surface area contributed by atoms with E-state index in [0.29, 0.717) is 5.92 Å². The normalized spacial score (nSPS) is 11.2. The summed E-state index contributed by atoms with van der Waals surface area (Å²) in [6, 6.07) is 3.77.